The third-order valence-electron chi connectivity index (χ3n) is 2.04. The van der Waals surface area contributed by atoms with E-state index >= 15 is 0 Å². The Hall–Kier alpha value is -1.25. The molecule has 3 aromatic heterocycles. The van der Waals surface area contributed by atoms with Crippen LogP contribution in [-0.4, -0.2) is 20.2 Å². The zero-order chi connectivity index (χ0) is 11.7. The van der Waals surface area contributed by atoms with E-state index < -0.39 is 0 Å². The number of hydrogen-bond acceptors (Lipinski definition) is 7. The fourth-order valence-electron chi connectivity index (χ4n) is 1.35. The zero-order valence-corrected chi connectivity index (χ0v) is 10.9. The van der Waals surface area contributed by atoms with Crippen LogP contribution < -0.4 is 5.56 Å². The second-order valence-corrected chi connectivity index (χ2v) is 6.11. The number of fused-ring (bicyclic) bond motifs is 1. The van der Waals surface area contributed by atoms with E-state index in [2.05, 4.69) is 20.2 Å². The van der Waals surface area contributed by atoms with Crippen LogP contribution in [0.2, 0.25) is 0 Å². The lowest BCUT2D eigenvalue weighted by atomic mass is 10.4. The molecule has 0 unspecified atom stereocenters. The number of aromatic amines is 1. The van der Waals surface area contributed by atoms with E-state index in [0.717, 1.165) is 9.86 Å². The first-order chi connectivity index (χ1) is 8.33. The molecule has 0 aliphatic carbocycles. The van der Waals surface area contributed by atoms with Crippen molar-refractivity contribution in [3.8, 4) is 0 Å². The molecule has 0 saturated heterocycles. The standard InChI is InChI=1S/C9H6N4OS3/c14-8-7-5(1-2-15-7)11-6(12-8)3-16-9-13-10-4-17-9/h1-2,4H,3H2,(H,11,12,14). The average molecular weight is 282 g/mol. The van der Waals surface area contributed by atoms with Crippen molar-refractivity contribution in [2.24, 2.45) is 0 Å². The van der Waals surface area contributed by atoms with Gasteiger partial charge in [-0.1, -0.05) is 23.1 Å². The quantitative estimate of drug-likeness (QED) is 0.745. The lowest BCUT2D eigenvalue weighted by Crippen LogP contribution is -2.09. The zero-order valence-electron chi connectivity index (χ0n) is 8.41. The van der Waals surface area contributed by atoms with E-state index in [1.165, 1.54) is 34.4 Å². The Balaban J connectivity index is 1.88. The van der Waals surface area contributed by atoms with Crippen LogP contribution in [0.4, 0.5) is 0 Å². The normalized spacial score (nSPS) is 11.1. The molecule has 8 heteroatoms. The van der Waals surface area contributed by atoms with Crippen LogP contribution in [-0.2, 0) is 5.75 Å². The maximum atomic E-state index is 11.7. The molecule has 0 saturated carbocycles. The summed E-state index contributed by atoms with van der Waals surface area (Å²) in [6, 6.07) is 1.86. The lowest BCUT2D eigenvalue weighted by molar-refractivity contribution is 1.00. The predicted octanol–water partition coefficient (Wildman–Crippen LogP) is 2.13. The van der Waals surface area contributed by atoms with Crippen molar-refractivity contribution in [3.05, 3.63) is 33.1 Å². The summed E-state index contributed by atoms with van der Waals surface area (Å²) in [6.07, 6.45) is 0. The van der Waals surface area contributed by atoms with Gasteiger partial charge in [0.15, 0.2) is 4.34 Å². The summed E-state index contributed by atoms with van der Waals surface area (Å²) >= 11 is 4.40. The predicted molar refractivity (Wildman–Crippen MR) is 69.7 cm³/mol. The van der Waals surface area contributed by atoms with Gasteiger partial charge in [-0.25, -0.2) is 4.98 Å². The second-order valence-electron chi connectivity index (χ2n) is 3.14. The molecule has 0 spiro atoms. The van der Waals surface area contributed by atoms with Crippen molar-refractivity contribution in [2.45, 2.75) is 10.1 Å². The third-order valence-corrected chi connectivity index (χ3v) is 4.81. The molecule has 3 aromatic rings. The Labute approximate surface area is 108 Å². The molecule has 0 fully saturated rings. The van der Waals surface area contributed by atoms with Crippen molar-refractivity contribution >= 4 is 44.7 Å². The molecule has 0 bridgehead atoms. The Bertz CT molecular complexity index is 688. The van der Waals surface area contributed by atoms with Gasteiger partial charge in [0.25, 0.3) is 5.56 Å². The van der Waals surface area contributed by atoms with E-state index in [-0.39, 0.29) is 5.56 Å². The SMILES string of the molecule is O=c1[nH]c(CSc2nncs2)nc2ccsc12. The summed E-state index contributed by atoms with van der Waals surface area (Å²) in [5.41, 5.74) is 2.37. The molecule has 0 atom stereocenters. The molecular formula is C9H6N4OS3. The number of rotatable bonds is 3. The van der Waals surface area contributed by atoms with E-state index in [1.807, 2.05) is 11.4 Å². The number of thioether (sulfide) groups is 1. The van der Waals surface area contributed by atoms with Crippen LogP contribution in [0.15, 0.2) is 26.1 Å². The molecule has 3 rings (SSSR count). The molecule has 0 aliphatic heterocycles. The molecule has 3 heterocycles. The van der Waals surface area contributed by atoms with Crippen molar-refractivity contribution in [1.82, 2.24) is 20.2 Å². The third kappa shape index (κ3) is 2.24. The fourth-order valence-corrected chi connectivity index (χ4v) is 3.43. The summed E-state index contributed by atoms with van der Waals surface area (Å²) in [4.78, 5) is 18.9. The second kappa shape index (κ2) is 4.55. The van der Waals surface area contributed by atoms with Gasteiger partial charge in [-0.15, -0.1) is 21.5 Å². The van der Waals surface area contributed by atoms with Crippen LogP contribution in [0.1, 0.15) is 5.82 Å². The minimum absolute atomic E-state index is 0.0714. The Morgan fingerprint density at radius 1 is 1.41 bits per heavy atom. The lowest BCUT2D eigenvalue weighted by Gasteiger charge is -1.98. The first-order valence-electron chi connectivity index (χ1n) is 4.68. The smallest absolute Gasteiger partial charge is 0.268 e. The van der Waals surface area contributed by atoms with E-state index in [0.29, 0.717) is 16.3 Å². The summed E-state index contributed by atoms with van der Waals surface area (Å²) in [5, 5.41) is 9.54. The van der Waals surface area contributed by atoms with Gasteiger partial charge in [0, 0.05) is 0 Å². The van der Waals surface area contributed by atoms with Crippen molar-refractivity contribution < 1.29 is 0 Å². The summed E-state index contributed by atoms with van der Waals surface area (Å²) in [6.45, 7) is 0. The Kier molecular flexibility index (Phi) is 2.91. The number of nitrogens with one attached hydrogen (secondary N) is 1. The van der Waals surface area contributed by atoms with Gasteiger partial charge < -0.3 is 4.98 Å². The summed E-state index contributed by atoms with van der Waals surface area (Å²) in [7, 11) is 0. The summed E-state index contributed by atoms with van der Waals surface area (Å²) in [5.74, 6) is 1.26. The molecule has 86 valence electrons. The highest BCUT2D eigenvalue weighted by atomic mass is 32.2. The number of hydrogen-bond donors (Lipinski definition) is 1. The Morgan fingerprint density at radius 2 is 2.35 bits per heavy atom. The van der Waals surface area contributed by atoms with Crippen LogP contribution in [0.5, 0.6) is 0 Å². The van der Waals surface area contributed by atoms with Crippen LogP contribution in [0.3, 0.4) is 0 Å². The minimum Gasteiger partial charge on any atom is -0.309 e. The van der Waals surface area contributed by atoms with Crippen LogP contribution >= 0.6 is 34.4 Å². The van der Waals surface area contributed by atoms with Gasteiger partial charge in [0.2, 0.25) is 0 Å². The van der Waals surface area contributed by atoms with Gasteiger partial charge in [-0.05, 0) is 11.4 Å². The fraction of sp³-hybridized carbons (Fsp3) is 0.111. The van der Waals surface area contributed by atoms with Gasteiger partial charge in [-0.3, -0.25) is 4.79 Å². The topological polar surface area (TPSA) is 71.5 Å². The van der Waals surface area contributed by atoms with E-state index in [9.17, 15) is 4.79 Å². The highest BCUT2D eigenvalue weighted by Crippen LogP contribution is 2.22. The van der Waals surface area contributed by atoms with Crippen molar-refractivity contribution in [3.63, 3.8) is 0 Å². The average Bonchev–Trinajstić information content (AvgIpc) is 2.97. The van der Waals surface area contributed by atoms with E-state index in [4.69, 9.17) is 0 Å². The molecule has 0 aliphatic rings. The molecule has 0 radical (unpaired) electrons. The largest absolute Gasteiger partial charge is 0.309 e. The maximum Gasteiger partial charge on any atom is 0.268 e. The molecule has 1 N–H and O–H groups in total. The van der Waals surface area contributed by atoms with Gasteiger partial charge in [-0.2, -0.15) is 0 Å². The molecule has 17 heavy (non-hydrogen) atoms. The number of thiophene rings is 1. The number of aromatic nitrogens is 4. The maximum absolute atomic E-state index is 11.7. The minimum atomic E-state index is -0.0714. The van der Waals surface area contributed by atoms with Gasteiger partial charge in [0.1, 0.15) is 16.0 Å². The highest BCUT2D eigenvalue weighted by molar-refractivity contribution is 8.00. The van der Waals surface area contributed by atoms with Gasteiger partial charge in [0.05, 0.1) is 11.3 Å². The van der Waals surface area contributed by atoms with Crippen LogP contribution in [0, 0.1) is 0 Å². The monoisotopic (exact) mass is 282 g/mol. The number of nitrogens with zero attached hydrogens (tertiary/aromatic N) is 3. The van der Waals surface area contributed by atoms with Crippen molar-refractivity contribution in [2.75, 3.05) is 0 Å². The van der Waals surface area contributed by atoms with E-state index in [1.54, 1.807) is 5.51 Å². The molecule has 0 amide bonds. The summed E-state index contributed by atoms with van der Waals surface area (Å²) < 4.78 is 1.55. The highest BCUT2D eigenvalue weighted by Gasteiger charge is 2.06. The molecule has 0 aromatic carbocycles. The first kappa shape index (κ1) is 10.9. The Morgan fingerprint density at radius 3 is 3.18 bits per heavy atom. The van der Waals surface area contributed by atoms with Crippen LogP contribution in [0.25, 0.3) is 10.2 Å². The molecule has 5 nitrogen and oxygen atoms in total. The van der Waals surface area contributed by atoms with Gasteiger partial charge >= 0.3 is 0 Å². The van der Waals surface area contributed by atoms with Crippen molar-refractivity contribution in [1.29, 1.82) is 0 Å². The number of H-pyrrole nitrogens is 1. The first-order valence-corrected chi connectivity index (χ1v) is 7.43. The molecular weight excluding hydrogens is 276 g/mol.